The third-order valence-electron chi connectivity index (χ3n) is 1.60. The molecule has 0 spiro atoms. The average Bonchev–Trinajstić information content (AvgIpc) is 1.83. The summed E-state index contributed by atoms with van der Waals surface area (Å²) in [6.07, 6.45) is -5.11. The molecule has 0 unspecified atom stereocenters. The Morgan fingerprint density at radius 1 is 1.17 bits per heavy atom. The summed E-state index contributed by atoms with van der Waals surface area (Å²) in [6.45, 7) is 2.75. The van der Waals surface area contributed by atoms with Crippen molar-refractivity contribution in [1.29, 1.82) is 0 Å². The highest BCUT2D eigenvalue weighted by atomic mass is 19.4. The molecular weight excluding hydrogens is 175 g/mol. The molecule has 0 saturated carbocycles. The molecule has 0 fully saturated rings. The van der Waals surface area contributed by atoms with Gasteiger partial charge in [0.1, 0.15) is 0 Å². The molecule has 0 heterocycles. The molecule has 0 aromatic rings. The molecule has 0 aromatic heterocycles. The maximum absolute atomic E-state index is 11.9. The number of hydrogen-bond donors (Lipinski definition) is 3. The van der Waals surface area contributed by atoms with Crippen molar-refractivity contribution >= 4 is 0 Å². The van der Waals surface area contributed by atoms with E-state index in [4.69, 9.17) is 15.9 Å². The van der Waals surface area contributed by atoms with Crippen molar-refractivity contribution in [3.05, 3.63) is 0 Å². The van der Waals surface area contributed by atoms with E-state index in [0.717, 1.165) is 0 Å². The third-order valence-corrected chi connectivity index (χ3v) is 1.60. The number of alkyl halides is 3. The molecule has 0 saturated heterocycles. The van der Waals surface area contributed by atoms with E-state index in [2.05, 4.69) is 0 Å². The van der Waals surface area contributed by atoms with Crippen LogP contribution in [0.1, 0.15) is 13.8 Å². The molecule has 1 atom stereocenters. The van der Waals surface area contributed by atoms with E-state index < -0.39 is 23.9 Å². The number of rotatable bonds is 2. The molecule has 3 nitrogen and oxygen atoms in total. The second kappa shape index (κ2) is 3.20. The first-order valence-electron chi connectivity index (χ1n) is 3.37. The Balaban J connectivity index is 4.61. The Kier molecular flexibility index (Phi) is 3.11. The summed E-state index contributed by atoms with van der Waals surface area (Å²) in [6, 6.07) is -1.74. The van der Waals surface area contributed by atoms with Crippen molar-refractivity contribution in [3.8, 4) is 0 Å². The van der Waals surface area contributed by atoms with E-state index in [1.165, 1.54) is 13.8 Å². The summed E-state index contributed by atoms with van der Waals surface area (Å²) < 4.78 is 35.6. The van der Waals surface area contributed by atoms with Crippen LogP contribution in [0.4, 0.5) is 13.2 Å². The maximum Gasteiger partial charge on any atom is 0.444 e. The summed E-state index contributed by atoms with van der Waals surface area (Å²) >= 11 is 0. The van der Waals surface area contributed by atoms with Crippen LogP contribution in [0, 0.1) is 5.92 Å². The quantitative estimate of drug-likeness (QED) is 0.541. The van der Waals surface area contributed by atoms with Gasteiger partial charge in [0, 0.05) is 0 Å². The Morgan fingerprint density at radius 3 is 1.58 bits per heavy atom. The van der Waals surface area contributed by atoms with Gasteiger partial charge in [-0.05, 0) is 5.92 Å². The number of aliphatic hydroxyl groups is 2. The van der Waals surface area contributed by atoms with Crippen molar-refractivity contribution in [2.24, 2.45) is 11.7 Å². The maximum atomic E-state index is 11.9. The predicted octanol–water partition coefficient (Wildman–Crippen LogP) is 0.213. The fraction of sp³-hybridized carbons (Fsp3) is 1.00. The van der Waals surface area contributed by atoms with Gasteiger partial charge >= 0.3 is 6.18 Å². The molecule has 0 aromatic carbocycles. The van der Waals surface area contributed by atoms with Crippen LogP contribution >= 0.6 is 0 Å². The molecule has 0 radical (unpaired) electrons. The molecular formula is C6H12F3NO2. The van der Waals surface area contributed by atoms with Crippen molar-refractivity contribution in [1.82, 2.24) is 0 Å². The predicted molar refractivity (Wildman–Crippen MR) is 36.0 cm³/mol. The van der Waals surface area contributed by atoms with Crippen LogP contribution in [0.3, 0.4) is 0 Å². The molecule has 6 heteroatoms. The summed E-state index contributed by atoms with van der Waals surface area (Å²) in [4.78, 5) is 0. The van der Waals surface area contributed by atoms with Gasteiger partial charge in [-0.1, -0.05) is 13.8 Å². The molecule has 0 rings (SSSR count). The van der Waals surface area contributed by atoms with Crippen molar-refractivity contribution in [2.45, 2.75) is 31.9 Å². The van der Waals surface area contributed by atoms with Crippen molar-refractivity contribution < 1.29 is 23.4 Å². The second-order valence-corrected chi connectivity index (χ2v) is 2.99. The van der Waals surface area contributed by atoms with Crippen LogP contribution in [0.15, 0.2) is 0 Å². The van der Waals surface area contributed by atoms with E-state index in [-0.39, 0.29) is 0 Å². The van der Waals surface area contributed by atoms with Crippen LogP contribution in [0.2, 0.25) is 0 Å². The van der Waals surface area contributed by atoms with Crippen LogP contribution in [-0.2, 0) is 0 Å². The average molecular weight is 187 g/mol. The topological polar surface area (TPSA) is 66.5 Å². The molecule has 0 aliphatic carbocycles. The minimum atomic E-state index is -5.11. The Hall–Kier alpha value is -0.330. The minimum Gasteiger partial charge on any atom is -0.357 e. The lowest BCUT2D eigenvalue weighted by Crippen LogP contribution is -2.60. The minimum absolute atomic E-state index is 0.665. The Bertz CT molecular complexity index is 155. The Labute approximate surface area is 68.0 Å². The van der Waals surface area contributed by atoms with Gasteiger partial charge in [-0.15, -0.1) is 0 Å². The number of nitrogens with two attached hydrogens (primary N) is 1. The van der Waals surface area contributed by atoms with Gasteiger partial charge < -0.3 is 15.9 Å². The summed E-state index contributed by atoms with van der Waals surface area (Å²) in [7, 11) is 0. The summed E-state index contributed by atoms with van der Waals surface area (Å²) in [5.74, 6) is -4.47. The monoisotopic (exact) mass is 187 g/mol. The number of halogens is 3. The van der Waals surface area contributed by atoms with E-state index in [1.807, 2.05) is 0 Å². The van der Waals surface area contributed by atoms with E-state index in [0.29, 0.717) is 0 Å². The first-order valence-corrected chi connectivity index (χ1v) is 3.37. The van der Waals surface area contributed by atoms with E-state index in [1.54, 1.807) is 0 Å². The van der Waals surface area contributed by atoms with Gasteiger partial charge in [-0.25, -0.2) is 0 Å². The van der Waals surface area contributed by atoms with Crippen LogP contribution in [0.25, 0.3) is 0 Å². The lowest BCUT2D eigenvalue weighted by molar-refractivity contribution is -0.359. The highest BCUT2D eigenvalue weighted by Crippen LogP contribution is 2.32. The third kappa shape index (κ3) is 2.09. The zero-order chi connectivity index (χ0) is 10.2. The lowest BCUT2D eigenvalue weighted by atomic mass is 9.96. The van der Waals surface area contributed by atoms with Crippen LogP contribution < -0.4 is 5.73 Å². The lowest BCUT2D eigenvalue weighted by Gasteiger charge is -2.32. The molecule has 0 aliphatic rings. The summed E-state index contributed by atoms with van der Waals surface area (Å²) in [5, 5.41) is 17.2. The molecule has 74 valence electrons. The molecule has 0 aliphatic heterocycles. The van der Waals surface area contributed by atoms with Crippen molar-refractivity contribution in [3.63, 3.8) is 0 Å². The van der Waals surface area contributed by atoms with Gasteiger partial charge in [0.05, 0.1) is 6.04 Å². The SMILES string of the molecule is CC(C)[C@H](N)C(O)(O)C(F)(F)F. The fourth-order valence-electron chi connectivity index (χ4n) is 0.654. The van der Waals surface area contributed by atoms with Crippen LogP contribution in [-0.4, -0.2) is 28.2 Å². The molecule has 12 heavy (non-hydrogen) atoms. The summed E-state index contributed by atoms with van der Waals surface area (Å²) in [5.41, 5.74) is 4.96. The van der Waals surface area contributed by atoms with E-state index in [9.17, 15) is 13.2 Å². The first-order chi connectivity index (χ1) is 5.10. The van der Waals surface area contributed by atoms with Crippen LogP contribution in [0.5, 0.6) is 0 Å². The highest BCUT2D eigenvalue weighted by Gasteiger charge is 2.57. The van der Waals surface area contributed by atoms with Gasteiger partial charge in [0.25, 0.3) is 5.79 Å². The largest absolute Gasteiger partial charge is 0.444 e. The van der Waals surface area contributed by atoms with Gasteiger partial charge in [0.2, 0.25) is 0 Å². The molecule has 0 bridgehead atoms. The highest BCUT2D eigenvalue weighted by molar-refractivity contribution is 4.87. The van der Waals surface area contributed by atoms with Gasteiger partial charge in [-0.2, -0.15) is 13.2 Å². The normalized spacial score (nSPS) is 16.8. The smallest absolute Gasteiger partial charge is 0.357 e. The number of hydrogen-bond acceptors (Lipinski definition) is 3. The van der Waals surface area contributed by atoms with Gasteiger partial charge in [-0.3, -0.25) is 0 Å². The van der Waals surface area contributed by atoms with Crippen molar-refractivity contribution in [2.75, 3.05) is 0 Å². The standard InChI is InChI=1S/C6H12F3NO2/c1-3(2)4(10)5(11,12)6(7,8)9/h3-4,11-12H,10H2,1-2H3/t4-/m0/s1. The fourth-order valence-corrected chi connectivity index (χ4v) is 0.654. The van der Waals surface area contributed by atoms with Gasteiger partial charge in [0.15, 0.2) is 0 Å². The zero-order valence-electron chi connectivity index (χ0n) is 6.76. The second-order valence-electron chi connectivity index (χ2n) is 2.99. The zero-order valence-corrected chi connectivity index (χ0v) is 6.76. The van der Waals surface area contributed by atoms with E-state index >= 15 is 0 Å². The molecule has 0 amide bonds. The molecule has 4 N–H and O–H groups in total. The Morgan fingerprint density at radius 2 is 1.50 bits per heavy atom. The first kappa shape index (κ1) is 11.7.